The van der Waals surface area contributed by atoms with Crippen LogP contribution in [0.2, 0.25) is 0 Å². The van der Waals surface area contributed by atoms with Crippen molar-refractivity contribution in [3.63, 3.8) is 0 Å². The molecule has 0 aromatic heterocycles. The smallest absolute Gasteiger partial charge is 0.258 e. The molecule has 0 fully saturated rings. The Balaban J connectivity index is 1.53. The highest BCUT2D eigenvalue weighted by Crippen LogP contribution is 2.33. The van der Waals surface area contributed by atoms with Gasteiger partial charge in [0.25, 0.3) is 11.8 Å². The topological polar surface area (TPSA) is 69.6 Å². The van der Waals surface area contributed by atoms with Crippen molar-refractivity contribution < 1.29 is 14.7 Å². The number of carbonyl (C=O) groups is 2. The highest BCUT2D eigenvalue weighted by Gasteiger charge is 2.25. The Morgan fingerprint density at radius 2 is 1.67 bits per heavy atom. The van der Waals surface area contributed by atoms with Gasteiger partial charge in [0.15, 0.2) is 0 Å². The van der Waals surface area contributed by atoms with E-state index in [1.807, 2.05) is 49.4 Å². The van der Waals surface area contributed by atoms with Crippen molar-refractivity contribution in [2.45, 2.75) is 25.9 Å². The number of nitrogens with one attached hydrogen (secondary N) is 1. The summed E-state index contributed by atoms with van der Waals surface area (Å²) < 4.78 is 0. The number of nitrogens with zero attached hydrogens (tertiary/aromatic N) is 1. The number of hydrogen-bond acceptors (Lipinski definition) is 3. The zero-order valence-corrected chi connectivity index (χ0v) is 16.8. The number of aliphatic hydroxyl groups is 1. The van der Waals surface area contributed by atoms with E-state index in [0.717, 1.165) is 23.2 Å². The Labute approximate surface area is 176 Å². The fraction of sp³-hybridized carbons (Fsp3) is 0.200. The summed E-state index contributed by atoms with van der Waals surface area (Å²) in [5.74, 6) is -0.295. The molecule has 3 aromatic carbocycles. The average molecular weight is 400 g/mol. The monoisotopic (exact) mass is 400 g/mol. The van der Waals surface area contributed by atoms with Gasteiger partial charge in [-0.25, -0.2) is 0 Å². The number of benzene rings is 3. The van der Waals surface area contributed by atoms with Crippen LogP contribution in [0.15, 0.2) is 72.8 Å². The van der Waals surface area contributed by atoms with Gasteiger partial charge in [-0.05, 0) is 61.7 Å². The second-order valence-electron chi connectivity index (χ2n) is 7.52. The van der Waals surface area contributed by atoms with E-state index < -0.39 is 6.10 Å². The lowest BCUT2D eigenvalue weighted by molar-refractivity contribution is 0.0985. The molecule has 4 rings (SSSR count). The zero-order chi connectivity index (χ0) is 21.1. The van der Waals surface area contributed by atoms with Gasteiger partial charge in [-0.2, -0.15) is 0 Å². The molecule has 1 heterocycles. The summed E-state index contributed by atoms with van der Waals surface area (Å²) in [6, 6.07) is 21.8. The van der Waals surface area contributed by atoms with Crippen molar-refractivity contribution in [3.8, 4) is 0 Å². The van der Waals surface area contributed by atoms with Gasteiger partial charge in [0.05, 0.1) is 6.10 Å². The first-order chi connectivity index (χ1) is 14.5. The van der Waals surface area contributed by atoms with Crippen LogP contribution in [-0.2, 0) is 0 Å². The number of anilines is 2. The molecule has 3 aromatic rings. The molecule has 152 valence electrons. The zero-order valence-electron chi connectivity index (χ0n) is 16.8. The number of aryl methyl sites for hydroxylation is 1. The number of hydrogen-bond donors (Lipinski definition) is 2. The van der Waals surface area contributed by atoms with E-state index in [2.05, 4.69) is 5.32 Å². The lowest BCUT2D eigenvalue weighted by atomic mass is 10.0. The number of aliphatic hydroxyl groups excluding tert-OH is 1. The van der Waals surface area contributed by atoms with Crippen molar-refractivity contribution in [3.05, 3.63) is 95.1 Å². The average Bonchev–Trinajstić information content (AvgIpc) is 2.93. The van der Waals surface area contributed by atoms with Crippen LogP contribution in [0.1, 0.15) is 50.8 Å². The highest BCUT2D eigenvalue weighted by atomic mass is 16.3. The third-order valence-electron chi connectivity index (χ3n) is 5.47. The van der Waals surface area contributed by atoms with E-state index in [1.54, 1.807) is 35.2 Å². The molecule has 0 aliphatic carbocycles. The number of fused-ring (bicyclic) bond motifs is 1. The Bertz CT molecular complexity index is 1080. The van der Waals surface area contributed by atoms with Crippen molar-refractivity contribution in [1.29, 1.82) is 0 Å². The number of rotatable bonds is 3. The Morgan fingerprint density at radius 1 is 0.967 bits per heavy atom. The van der Waals surface area contributed by atoms with Gasteiger partial charge in [0, 0.05) is 34.6 Å². The molecular weight excluding hydrogens is 376 g/mol. The van der Waals surface area contributed by atoms with E-state index in [-0.39, 0.29) is 11.8 Å². The molecular formula is C25H24N2O3. The highest BCUT2D eigenvalue weighted by molar-refractivity contribution is 6.08. The predicted molar refractivity (Wildman–Crippen MR) is 118 cm³/mol. The molecule has 0 radical (unpaired) electrons. The fourth-order valence-electron chi connectivity index (χ4n) is 3.82. The first-order valence-electron chi connectivity index (χ1n) is 10.1. The number of para-hydroxylation sites is 1. The normalized spacial score (nSPS) is 15.8. The molecule has 2 N–H and O–H groups in total. The number of amides is 2. The summed E-state index contributed by atoms with van der Waals surface area (Å²) in [6.07, 6.45) is 0.801. The second-order valence-corrected chi connectivity index (χ2v) is 7.52. The van der Waals surface area contributed by atoms with E-state index in [0.29, 0.717) is 29.8 Å². The lowest BCUT2D eigenvalue weighted by Crippen LogP contribution is -2.31. The van der Waals surface area contributed by atoms with Gasteiger partial charge in [-0.1, -0.05) is 36.4 Å². The molecule has 0 bridgehead atoms. The van der Waals surface area contributed by atoms with Gasteiger partial charge in [0.1, 0.15) is 0 Å². The van der Waals surface area contributed by atoms with Gasteiger partial charge >= 0.3 is 0 Å². The van der Waals surface area contributed by atoms with Crippen LogP contribution >= 0.6 is 0 Å². The van der Waals surface area contributed by atoms with Crippen LogP contribution in [0.5, 0.6) is 0 Å². The second kappa shape index (κ2) is 8.51. The lowest BCUT2D eigenvalue weighted by Gasteiger charge is -2.23. The van der Waals surface area contributed by atoms with Gasteiger partial charge in [-0.3, -0.25) is 9.59 Å². The number of carbonyl (C=O) groups excluding carboxylic acids is 2. The molecule has 1 atom stereocenters. The van der Waals surface area contributed by atoms with Crippen LogP contribution in [0.25, 0.3) is 0 Å². The maximum absolute atomic E-state index is 13.2. The Kier molecular flexibility index (Phi) is 5.63. The molecule has 0 unspecified atom stereocenters. The molecule has 2 amide bonds. The Hall–Kier alpha value is -3.44. The maximum Gasteiger partial charge on any atom is 0.258 e. The summed E-state index contributed by atoms with van der Waals surface area (Å²) >= 11 is 0. The molecule has 0 saturated carbocycles. The molecule has 30 heavy (non-hydrogen) atoms. The van der Waals surface area contributed by atoms with Crippen molar-refractivity contribution in [2.75, 3.05) is 16.8 Å². The van der Waals surface area contributed by atoms with Gasteiger partial charge in [-0.15, -0.1) is 0 Å². The maximum atomic E-state index is 13.2. The van der Waals surface area contributed by atoms with Crippen molar-refractivity contribution >= 4 is 23.2 Å². The quantitative estimate of drug-likeness (QED) is 0.668. The van der Waals surface area contributed by atoms with Crippen LogP contribution in [-0.4, -0.2) is 23.5 Å². The molecule has 0 saturated heterocycles. The molecule has 0 spiro atoms. The summed E-state index contributed by atoms with van der Waals surface area (Å²) in [5.41, 5.74) is 4.23. The fourth-order valence-corrected chi connectivity index (χ4v) is 3.82. The summed E-state index contributed by atoms with van der Waals surface area (Å²) in [4.78, 5) is 27.4. The summed E-state index contributed by atoms with van der Waals surface area (Å²) in [5, 5.41) is 13.2. The van der Waals surface area contributed by atoms with E-state index >= 15 is 0 Å². The SMILES string of the molecule is Cc1ccccc1C(=O)Nc1ccc(C(=O)N2CCC[C@H](O)c3ccccc32)cc1. The van der Waals surface area contributed by atoms with Gasteiger partial charge in [0.2, 0.25) is 0 Å². The molecule has 1 aliphatic heterocycles. The molecule has 1 aliphatic rings. The van der Waals surface area contributed by atoms with Crippen LogP contribution in [0.3, 0.4) is 0 Å². The van der Waals surface area contributed by atoms with Crippen molar-refractivity contribution in [1.82, 2.24) is 0 Å². The van der Waals surface area contributed by atoms with E-state index in [4.69, 9.17) is 0 Å². The largest absolute Gasteiger partial charge is 0.388 e. The minimum Gasteiger partial charge on any atom is -0.388 e. The van der Waals surface area contributed by atoms with E-state index in [1.165, 1.54) is 0 Å². The van der Waals surface area contributed by atoms with Crippen LogP contribution in [0.4, 0.5) is 11.4 Å². The predicted octanol–water partition coefficient (Wildman–Crippen LogP) is 4.72. The minimum absolute atomic E-state index is 0.117. The van der Waals surface area contributed by atoms with Crippen LogP contribution < -0.4 is 10.2 Å². The van der Waals surface area contributed by atoms with Crippen molar-refractivity contribution in [2.24, 2.45) is 0 Å². The first kappa shape index (κ1) is 19.9. The molecule has 5 nitrogen and oxygen atoms in total. The van der Waals surface area contributed by atoms with Gasteiger partial charge < -0.3 is 15.3 Å². The third kappa shape index (κ3) is 3.98. The first-order valence-corrected chi connectivity index (χ1v) is 10.1. The van der Waals surface area contributed by atoms with E-state index in [9.17, 15) is 14.7 Å². The molecule has 5 heteroatoms. The third-order valence-corrected chi connectivity index (χ3v) is 5.47. The standard InChI is InChI=1S/C25H24N2O3/c1-17-7-2-3-8-20(17)24(29)26-19-14-12-18(13-15-19)25(30)27-16-6-11-23(28)21-9-4-5-10-22(21)27/h2-5,7-10,12-15,23,28H,6,11,16H2,1H3,(H,26,29)/t23-/m0/s1. The minimum atomic E-state index is -0.557. The Morgan fingerprint density at radius 3 is 2.43 bits per heavy atom. The van der Waals surface area contributed by atoms with Crippen LogP contribution in [0, 0.1) is 6.92 Å². The summed E-state index contributed by atoms with van der Waals surface area (Å²) in [6.45, 7) is 2.45. The summed E-state index contributed by atoms with van der Waals surface area (Å²) in [7, 11) is 0.